The van der Waals surface area contributed by atoms with Crippen LogP contribution in [0.4, 0.5) is 13.2 Å². The number of unbranched alkanes of at least 4 members (excludes halogenated alkanes) is 2. The van der Waals surface area contributed by atoms with Crippen molar-refractivity contribution in [1.29, 1.82) is 0 Å². The molecule has 140 valence electrons. The van der Waals surface area contributed by atoms with Crippen molar-refractivity contribution in [2.75, 3.05) is 6.54 Å². The molecule has 2 aromatic rings. The number of carbonyl (C=O) groups is 1. The van der Waals surface area contributed by atoms with E-state index in [0.717, 1.165) is 35.0 Å². The summed E-state index contributed by atoms with van der Waals surface area (Å²) in [5.74, 6) is -0.378. The number of aryl methyl sites for hydroxylation is 1. The number of rotatable bonds is 6. The Morgan fingerprint density at radius 1 is 1.12 bits per heavy atom. The van der Waals surface area contributed by atoms with Crippen LogP contribution in [0.3, 0.4) is 0 Å². The summed E-state index contributed by atoms with van der Waals surface area (Å²) in [5.41, 5.74) is 3.67. The molecule has 1 aliphatic heterocycles. The highest BCUT2D eigenvalue weighted by atomic mass is 19.4. The molecule has 1 fully saturated rings. The first-order valence-corrected chi connectivity index (χ1v) is 9.04. The zero-order valence-electron chi connectivity index (χ0n) is 14.8. The zero-order valence-corrected chi connectivity index (χ0v) is 14.8. The molecule has 0 bridgehead atoms. The Hall–Kier alpha value is -2.08. The monoisotopic (exact) mass is 364 g/mol. The molecule has 26 heavy (non-hydrogen) atoms. The largest absolute Gasteiger partial charge is 0.409 e. The van der Waals surface area contributed by atoms with E-state index >= 15 is 0 Å². The number of amides is 1. The molecule has 0 aliphatic carbocycles. The predicted molar refractivity (Wildman–Crippen MR) is 95.4 cm³/mol. The normalized spacial score (nSPS) is 16.8. The van der Waals surface area contributed by atoms with Crippen molar-refractivity contribution in [3.63, 3.8) is 0 Å². The van der Waals surface area contributed by atoms with E-state index in [9.17, 15) is 18.0 Å². The highest BCUT2D eigenvalue weighted by Crippen LogP contribution is 2.38. The van der Waals surface area contributed by atoms with Gasteiger partial charge in [-0.3, -0.25) is 10.2 Å². The first kappa shape index (κ1) is 18.7. The summed E-state index contributed by atoms with van der Waals surface area (Å²) in [6, 6.07) is 8.93. The molecule has 1 N–H and O–H groups in total. The summed E-state index contributed by atoms with van der Waals surface area (Å²) in [4.78, 5) is 11.4. The van der Waals surface area contributed by atoms with Gasteiger partial charge in [-0.05, 0) is 40.8 Å². The van der Waals surface area contributed by atoms with E-state index in [1.807, 2.05) is 12.1 Å². The van der Waals surface area contributed by atoms with Crippen molar-refractivity contribution in [3.8, 4) is 0 Å². The van der Waals surface area contributed by atoms with Crippen LogP contribution in [0.15, 0.2) is 36.4 Å². The Balaban J connectivity index is 1.88. The second kappa shape index (κ2) is 7.66. The van der Waals surface area contributed by atoms with E-state index in [-0.39, 0.29) is 24.4 Å². The van der Waals surface area contributed by atoms with Gasteiger partial charge in [0.05, 0.1) is 0 Å². The lowest BCUT2D eigenvalue weighted by molar-refractivity contribution is -0.191. The summed E-state index contributed by atoms with van der Waals surface area (Å²) >= 11 is 0. The van der Waals surface area contributed by atoms with Gasteiger partial charge in [-0.25, -0.2) is 5.01 Å². The molecule has 1 atom stereocenters. The van der Waals surface area contributed by atoms with E-state index in [0.29, 0.717) is 0 Å². The molecule has 0 spiro atoms. The minimum Gasteiger partial charge on any atom is -0.288 e. The molecule has 1 saturated heterocycles. The molecule has 0 aromatic heterocycles. The number of hydrazine groups is 1. The second-order valence-corrected chi connectivity index (χ2v) is 6.82. The van der Waals surface area contributed by atoms with Gasteiger partial charge in [0.1, 0.15) is 6.04 Å². The maximum atomic E-state index is 13.6. The Labute approximate surface area is 151 Å². The van der Waals surface area contributed by atoms with Crippen molar-refractivity contribution >= 4 is 16.7 Å². The molecule has 1 amide bonds. The van der Waals surface area contributed by atoms with Crippen molar-refractivity contribution in [2.24, 2.45) is 0 Å². The molecule has 0 saturated carbocycles. The van der Waals surface area contributed by atoms with Crippen molar-refractivity contribution in [2.45, 2.75) is 51.2 Å². The molecule has 3 rings (SSSR count). The van der Waals surface area contributed by atoms with Crippen LogP contribution in [-0.4, -0.2) is 23.6 Å². The van der Waals surface area contributed by atoms with Gasteiger partial charge in [-0.1, -0.05) is 50.1 Å². The summed E-state index contributed by atoms with van der Waals surface area (Å²) in [5, 5.41) is 2.71. The maximum Gasteiger partial charge on any atom is 0.409 e. The van der Waals surface area contributed by atoms with Gasteiger partial charge in [-0.15, -0.1) is 0 Å². The molecule has 3 nitrogen and oxygen atoms in total. The quantitative estimate of drug-likeness (QED) is 0.739. The van der Waals surface area contributed by atoms with Crippen LogP contribution in [-0.2, 0) is 11.2 Å². The Morgan fingerprint density at radius 2 is 1.85 bits per heavy atom. The molecular weight excluding hydrogens is 341 g/mol. The van der Waals surface area contributed by atoms with Crippen molar-refractivity contribution < 1.29 is 18.0 Å². The highest BCUT2D eigenvalue weighted by molar-refractivity contribution is 5.84. The van der Waals surface area contributed by atoms with Crippen LogP contribution < -0.4 is 5.43 Å². The number of benzene rings is 2. The number of hydrogen-bond acceptors (Lipinski definition) is 2. The lowest BCUT2D eigenvalue weighted by Crippen LogP contribution is -2.43. The third kappa shape index (κ3) is 4.18. The van der Waals surface area contributed by atoms with Crippen molar-refractivity contribution in [3.05, 3.63) is 47.5 Å². The van der Waals surface area contributed by atoms with Crippen LogP contribution in [0.2, 0.25) is 0 Å². The average Bonchev–Trinajstić information content (AvgIpc) is 2.99. The number of fused-ring (bicyclic) bond motifs is 1. The number of hydrogen-bond donors (Lipinski definition) is 1. The van der Waals surface area contributed by atoms with Crippen molar-refractivity contribution in [1.82, 2.24) is 10.4 Å². The molecular formula is C20H23F3N2O. The van der Waals surface area contributed by atoms with Gasteiger partial charge in [0.25, 0.3) is 0 Å². The van der Waals surface area contributed by atoms with Gasteiger partial charge >= 0.3 is 6.18 Å². The Kier molecular flexibility index (Phi) is 5.51. The molecule has 0 radical (unpaired) electrons. The first-order valence-electron chi connectivity index (χ1n) is 9.04. The standard InChI is InChI=1S/C20H23F3N2O/c1-2-3-4-5-14-6-7-16-13-17(9-8-15(16)12-14)19(20(21,22)23)25-11-10-18(26)24-25/h6-9,12-13,19H,2-5,10-11H2,1H3,(H,24,26). The number of nitrogens with zero attached hydrogens (tertiary/aromatic N) is 1. The lowest BCUT2D eigenvalue weighted by atomic mass is 9.98. The van der Waals surface area contributed by atoms with Crippen LogP contribution in [0, 0.1) is 0 Å². The van der Waals surface area contributed by atoms with Gasteiger partial charge in [0, 0.05) is 13.0 Å². The van der Waals surface area contributed by atoms with E-state index < -0.39 is 12.2 Å². The average molecular weight is 364 g/mol. The van der Waals surface area contributed by atoms with E-state index in [1.165, 1.54) is 18.1 Å². The zero-order chi connectivity index (χ0) is 18.7. The summed E-state index contributed by atoms with van der Waals surface area (Å²) in [6.45, 7) is 2.21. The van der Waals surface area contributed by atoms with Gasteiger partial charge in [-0.2, -0.15) is 13.2 Å². The number of alkyl halides is 3. The number of carbonyl (C=O) groups excluding carboxylic acids is 1. The fourth-order valence-corrected chi connectivity index (χ4v) is 3.45. The van der Waals surface area contributed by atoms with Gasteiger partial charge in [0.2, 0.25) is 5.91 Å². The van der Waals surface area contributed by atoms with Crippen LogP contribution in [0.5, 0.6) is 0 Å². The summed E-state index contributed by atoms with van der Waals surface area (Å²) < 4.78 is 40.9. The minimum absolute atomic E-state index is 0.0530. The first-order chi connectivity index (χ1) is 12.4. The lowest BCUT2D eigenvalue weighted by Gasteiger charge is -2.29. The number of halogens is 3. The Morgan fingerprint density at radius 3 is 2.50 bits per heavy atom. The van der Waals surface area contributed by atoms with E-state index in [4.69, 9.17) is 0 Å². The third-order valence-electron chi connectivity index (χ3n) is 4.78. The fraction of sp³-hybridized carbons (Fsp3) is 0.450. The maximum absolute atomic E-state index is 13.6. The molecule has 1 heterocycles. The molecule has 1 aliphatic rings. The van der Waals surface area contributed by atoms with Crippen LogP contribution in [0.25, 0.3) is 10.8 Å². The highest BCUT2D eigenvalue weighted by Gasteiger charge is 2.46. The third-order valence-corrected chi connectivity index (χ3v) is 4.78. The fourth-order valence-electron chi connectivity index (χ4n) is 3.45. The SMILES string of the molecule is CCCCCc1ccc2cc(C(N3CCC(=O)N3)C(F)(F)F)ccc2c1. The van der Waals surface area contributed by atoms with Gasteiger partial charge < -0.3 is 0 Å². The predicted octanol–water partition coefficient (Wildman–Crippen LogP) is 4.91. The van der Waals surface area contributed by atoms with E-state index in [2.05, 4.69) is 18.4 Å². The molecule has 1 unspecified atom stereocenters. The number of nitrogens with one attached hydrogen (secondary N) is 1. The molecule has 2 aromatic carbocycles. The molecule has 6 heteroatoms. The summed E-state index contributed by atoms with van der Waals surface area (Å²) in [6.07, 6.45) is 0.0443. The van der Waals surface area contributed by atoms with Crippen LogP contribution in [0.1, 0.15) is 49.8 Å². The van der Waals surface area contributed by atoms with E-state index in [1.54, 1.807) is 12.1 Å². The van der Waals surface area contributed by atoms with Crippen LogP contribution >= 0.6 is 0 Å². The second-order valence-electron chi connectivity index (χ2n) is 6.82. The Bertz CT molecular complexity index is 788. The topological polar surface area (TPSA) is 32.3 Å². The minimum atomic E-state index is -4.47. The van der Waals surface area contributed by atoms with Gasteiger partial charge in [0.15, 0.2) is 0 Å². The smallest absolute Gasteiger partial charge is 0.288 e. The summed E-state index contributed by atoms with van der Waals surface area (Å²) in [7, 11) is 0.